The number of halogens is 1. The highest BCUT2D eigenvalue weighted by Gasteiger charge is 2.18. The molecule has 0 aromatic heterocycles. The summed E-state index contributed by atoms with van der Waals surface area (Å²) in [6.07, 6.45) is 0.744. The number of rotatable bonds is 5. The molecule has 0 bridgehead atoms. The first-order chi connectivity index (χ1) is 9.58. The molecule has 0 radical (unpaired) electrons. The van der Waals surface area contributed by atoms with E-state index in [0.29, 0.717) is 48.1 Å². The molecule has 1 aromatic rings. The number of hydrogen-bond donors (Lipinski definition) is 2. The molecule has 1 aromatic carbocycles. The van der Waals surface area contributed by atoms with Gasteiger partial charge in [0.15, 0.2) is 11.5 Å². The second kappa shape index (κ2) is 6.81. The Morgan fingerprint density at radius 1 is 1.30 bits per heavy atom. The topological polar surface area (TPSA) is 76.0 Å². The number of benzene rings is 1. The van der Waals surface area contributed by atoms with Gasteiger partial charge in [-0.1, -0.05) is 11.6 Å². The van der Waals surface area contributed by atoms with Gasteiger partial charge < -0.3 is 19.7 Å². The van der Waals surface area contributed by atoms with Gasteiger partial charge in [0.25, 0.3) is 0 Å². The summed E-state index contributed by atoms with van der Waals surface area (Å²) in [5.74, 6) is 0.273. The minimum absolute atomic E-state index is 0.0270. The van der Waals surface area contributed by atoms with Gasteiger partial charge in [-0.15, -0.1) is 0 Å². The van der Waals surface area contributed by atoms with E-state index in [0.717, 1.165) is 6.42 Å². The molecule has 0 spiro atoms. The number of aliphatic hydroxyl groups excluding tert-OH is 1. The van der Waals surface area contributed by atoms with Gasteiger partial charge in [0.05, 0.1) is 24.3 Å². The fourth-order valence-electron chi connectivity index (χ4n) is 2.06. The molecule has 2 rings (SSSR count). The van der Waals surface area contributed by atoms with Crippen LogP contribution in [0.2, 0.25) is 5.02 Å². The third-order valence-corrected chi connectivity index (χ3v) is 3.42. The van der Waals surface area contributed by atoms with Crippen molar-refractivity contribution in [3.63, 3.8) is 0 Å². The van der Waals surface area contributed by atoms with Crippen molar-refractivity contribution in [1.29, 1.82) is 0 Å². The Hall–Kier alpha value is -1.46. The SMILES string of the molecule is O=C(O)CCCC(O)c1cc2c(cc1Cl)OCCCO2. The van der Waals surface area contributed by atoms with Crippen molar-refractivity contribution in [2.75, 3.05) is 13.2 Å². The van der Waals surface area contributed by atoms with Crippen LogP contribution in [0, 0.1) is 0 Å². The van der Waals surface area contributed by atoms with Crippen molar-refractivity contribution < 1.29 is 24.5 Å². The first-order valence-corrected chi connectivity index (χ1v) is 6.94. The molecule has 0 saturated carbocycles. The van der Waals surface area contributed by atoms with Crippen LogP contribution in [-0.2, 0) is 4.79 Å². The summed E-state index contributed by atoms with van der Waals surface area (Å²) in [4.78, 5) is 10.5. The molecule has 1 aliphatic heterocycles. The van der Waals surface area contributed by atoms with Crippen molar-refractivity contribution in [3.8, 4) is 11.5 Å². The number of carboxylic acid groups (broad SMARTS) is 1. The summed E-state index contributed by atoms with van der Waals surface area (Å²) in [7, 11) is 0. The lowest BCUT2D eigenvalue weighted by atomic mass is 10.0. The van der Waals surface area contributed by atoms with Gasteiger partial charge in [-0.05, 0) is 18.9 Å². The first kappa shape index (κ1) is 14.9. The number of aliphatic carboxylic acids is 1. The number of fused-ring (bicyclic) bond motifs is 1. The highest BCUT2D eigenvalue weighted by molar-refractivity contribution is 6.31. The lowest BCUT2D eigenvalue weighted by Gasteiger charge is -2.15. The molecule has 0 aliphatic carbocycles. The van der Waals surface area contributed by atoms with Crippen molar-refractivity contribution >= 4 is 17.6 Å². The average Bonchev–Trinajstić information content (AvgIpc) is 2.61. The fourth-order valence-corrected chi connectivity index (χ4v) is 2.34. The third kappa shape index (κ3) is 3.77. The zero-order chi connectivity index (χ0) is 14.5. The van der Waals surface area contributed by atoms with Crippen LogP contribution in [-0.4, -0.2) is 29.4 Å². The molecule has 5 nitrogen and oxygen atoms in total. The third-order valence-electron chi connectivity index (χ3n) is 3.09. The predicted molar refractivity (Wildman–Crippen MR) is 73.5 cm³/mol. The first-order valence-electron chi connectivity index (χ1n) is 6.57. The van der Waals surface area contributed by atoms with Gasteiger partial charge in [-0.2, -0.15) is 0 Å². The highest BCUT2D eigenvalue weighted by Crippen LogP contribution is 2.38. The molecule has 1 aliphatic rings. The second-order valence-corrected chi connectivity index (χ2v) is 5.08. The minimum Gasteiger partial charge on any atom is -0.490 e. The lowest BCUT2D eigenvalue weighted by molar-refractivity contribution is -0.137. The van der Waals surface area contributed by atoms with E-state index >= 15 is 0 Å². The van der Waals surface area contributed by atoms with E-state index in [9.17, 15) is 9.90 Å². The molecular formula is C14H17ClO5. The molecule has 1 atom stereocenters. The van der Waals surface area contributed by atoms with E-state index in [1.54, 1.807) is 12.1 Å². The van der Waals surface area contributed by atoms with Crippen LogP contribution >= 0.6 is 11.6 Å². The van der Waals surface area contributed by atoms with Crippen LogP contribution in [0.1, 0.15) is 37.4 Å². The zero-order valence-electron chi connectivity index (χ0n) is 11.0. The fraction of sp³-hybridized carbons (Fsp3) is 0.500. The number of carbonyl (C=O) groups is 1. The monoisotopic (exact) mass is 300 g/mol. The Labute approximate surface area is 122 Å². The number of ether oxygens (including phenoxy) is 2. The van der Waals surface area contributed by atoms with Crippen LogP contribution in [0.15, 0.2) is 12.1 Å². The standard InChI is InChI=1S/C14H17ClO5/c15-10-8-13-12(19-5-2-6-20-13)7-9(10)11(16)3-1-4-14(17)18/h7-8,11,16H,1-6H2,(H,17,18). The molecule has 0 fully saturated rings. The van der Waals surface area contributed by atoms with Crippen molar-refractivity contribution in [1.82, 2.24) is 0 Å². The Morgan fingerprint density at radius 2 is 1.95 bits per heavy atom. The molecule has 1 unspecified atom stereocenters. The Balaban J connectivity index is 2.10. The van der Waals surface area contributed by atoms with Gasteiger partial charge in [-0.3, -0.25) is 4.79 Å². The van der Waals surface area contributed by atoms with E-state index in [2.05, 4.69) is 0 Å². The van der Waals surface area contributed by atoms with Gasteiger partial charge in [-0.25, -0.2) is 0 Å². The second-order valence-electron chi connectivity index (χ2n) is 4.67. The Kier molecular flexibility index (Phi) is 5.09. The Morgan fingerprint density at radius 3 is 2.60 bits per heavy atom. The van der Waals surface area contributed by atoms with E-state index in [1.165, 1.54) is 0 Å². The van der Waals surface area contributed by atoms with Gasteiger partial charge in [0.2, 0.25) is 0 Å². The van der Waals surface area contributed by atoms with Gasteiger partial charge >= 0.3 is 5.97 Å². The van der Waals surface area contributed by atoms with E-state index in [1.807, 2.05) is 0 Å². The summed E-state index contributed by atoms with van der Waals surface area (Å²) >= 11 is 6.14. The number of hydrogen-bond acceptors (Lipinski definition) is 4. The normalized spacial score (nSPS) is 15.5. The molecule has 110 valence electrons. The molecule has 0 amide bonds. The number of carboxylic acids is 1. The van der Waals surface area contributed by atoms with Crippen molar-refractivity contribution in [2.24, 2.45) is 0 Å². The molecule has 1 heterocycles. The molecule has 6 heteroatoms. The van der Waals surface area contributed by atoms with Crippen LogP contribution in [0.5, 0.6) is 11.5 Å². The summed E-state index contributed by atoms with van der Waals surface area (Å²) in [6.45, 7) is 1.13. The van der Waals surface area contributed by atoms with Gasteiger partial charge in [0, 0.05) is 24.5 Å². The highest BCUT2D eigenvalue weighted by atomic mass is 35.5. The zero-order valence-corrected chi connectivity index (χ0v) is 11.7. The summed E-state index contributed by atoms with van der Waals surface area (Å²) in [6, 6.07) is 3.31. The average molecular weight is 301 g/mol. The van der Waals surface area contributed by atoms with Crippen LogP contribution in [0.3, 0.4) is 0 Å². The van der Waals surface area contributed by atoms with E-state index in [-0.39, 0.29) is 6.42 Å². The largest absolute Gasteiger partial charge is 0.490 e. The lowest BCUT2D eigenvalue weighted by Crippen LogP contribution is -2.02. The summed E-state index contributed by atoms with van der Waals surface area (Å²) < 4.78 is 11.1. The van der Waals surface area contributed by atoms with Crippen LogP contribution < -0.4 is 9.47 Å². The minimum atomic E-state index is -0.873. The van der Waals surface area contributed by atoms with Crippen LogP contribution in [0.25, 0.3) is 0 Å². The predicted octanol–water partition coefficient (Wildman–Crippen LogP) is 2.79. The quantitative estimate of drug-likeness (QED) is 0.874. The number of aliphatic hydroxyl groups is 1. The van der Waals surface area contributed by atoms with Crippen molar-refractivity contribution in [3.05, 3.63) is 22.7 Å². The summed E-state index contributed by atoms with van der Waals surface area (Å²) in [5, 5.41) is 19.1. The van der Waals surface area contributed by atoms with Crippen LogP contribution in [0.4, 0.5) is 0 Å². The smallest absolute Gasteiger partial charge is 0.303 e. The maximum atomic E-state index is 10.5. The maximum Gasteiger partial charge on any atom is 0.303 e. The van der Waals surface area contributed by atoms with Gasteiger partial charge in [0.1, 0.15) is 0 Å². The van der Waals surface area contributed by atoms with E-state index < -0.39 is 12.1 Å². The molecule has 2 N–H and O–H groups in total. The summed E-state index contributed by atoms with van der Waals surface area (Å²) in [5.41, 5.74) is 0.543. The Bertz CT molecular complexity index is 489. The van der Waals surface area contributed by atoms with Crippen molar-refractivity contribution in [2.45, 2.75) is 31.8 Å². The molecule has 20 heavy (non-hydrogen) atoms. The molecule has 0 saturated heterocycles. The molecular weight excluding hydrogens is 284 g/mol. The maximum absolute atomic E-state index is 10.5. The van der Waals surface area contributed by atoms with E-state index in [4.69, 9.17) is 26.2 Å².